The number of hydrogen-bond donors (Lipinski definition) is 1. The number of carbonyl (C=O) groups excluding carboxylic acids is 2. The number of carbonyl (C=O) groups is 2. The van der Waals surface area contributed by atoms with E-state index in [1.165, 1.54) is 0 Å². The molecule has 1 fully saturated rings. The summed E-state index contributed by atoms with van der Waals surface area (Å²) in [5.41, 5.74) is 2.19. The first-order valence-corrected chi connectivity index (χ1v) is 10.1. The highest BCUT2D eigenvalue weighted by molar-refractivity contribution is 5.93. The second-order valence-corrected chi connectivity index (χ2v) is 8.50. The van der Waals surface area contributed by atoms with Crippen molar-refractivity contribution in [2.24, 2.45) is 11.3 Å². The van der Waals surface area contributed by atoms with Crippen LogP contribution in [-0.4, -0.2) is 29.8 Å². The Labute approximate surface area is 173 Å². The van der Waals surface area contributed by atoms with Gasteiger partial charge in [-0.3, -0.25) is 9.59 Å². The van der Waals surface area contributed by atoms with Crippen molar-refractivity contribution in [2.75, 3.05) is 18.4 Å². The summed E-state index contributed by atoms with van der Waals surface area (Å²) in [5.74, 6) is 6.37. The van der Waals surface area contributed by atoms with Crippen LogP contribution in [0.5, 0.6) is 0 Å². The molecule has 150 valence electrons. The van der Waals surface area contributed by atoms with Crippen molar-refractivity contribution in [3.05, 3.63) is 65.7 Å². The van der Waals surface area contributed by atoms with Gasteiger partial charge in [-0.05, 0) is 43.2 Å². The van der Waals surface area contributed by atoms with Gasteiger partial charge in [-0.1, -0.05) is 56.9 Å². The van der Waals surface area contributed by atoms with E-state index in [4.69, 9.17) is 0 Å². The van der Waals surface area contributed by atoms with E-state index in [1.807, 2.05) is 80.3 Å². The zero-order valence-electron chi connectivity index (χ0n) is 17.4. The molecular weight excluding hydrogens is 360 g/mol. The van der Waals surface area contributed by atoms with Gasteiger partial charge in [0, 0.05) is 41.2 Å². The zero-order valence-corrected chi connectivity index (χ0v) is 17.4. The maximum atomic E-state index is 12.7. The van der Waals surface area contributed by atoms with Gasteiger partial charge < -0.3 is 10.2 Å². The Balaban J connectivity index is 1.58. The van der Waals surface area contributed by atoms with Crippen molar-refractivity contribution in [1.29, 1.82) is 0 Å². The maximum absolute atomic E-state index is 12.7. The van der Waals surface area contributed by atoms with Crippen LogP contribution in [0.4, 0.5) is 5.69 Å². The number of anilines is 1. The fourth-order valence-corrected chi connectivity index (χ4v) is 3.40. The van der Waals surface area contributed by atoms with Crippen molar-refractivity contribution in [2.45, 2.75) is 33.6 Å². The molecule has 1 N–H and O–H groups in total. The van der Waals surface area contributed by atoms with E-state index in [9.17, 15) is 9.59 Å². The summed E-state index contributed by atoms with van der Waals surface area (Å²) in [4.78, 5) is 27.0. The largest absolute Gasteiger partial charge is 0.342 e. The van der Waals surface area contributed by atoms with Gasteiger partial charge in [0.05, 0.1) is 0 Å². The smallest absolute Gasteiger partial charge is 0.227 e. The van der Waals surface area contributed by atoms with E-state index in [1.54, 1.807) is 0 Å². The average Bonchev–Trinajstić information content (AvgIpc) is 2.72. The highest BCUT2D eigenvalue weighted by Gasteiger charge is 2.32. The van der Waals surface area contributed by atoms with Crippen molar-refractivity contribution in [3.63, 3.8) is 0 Å². The first-order valence-electron chi connectivity index (χ1n) is 10.1. The summed E-state index contributed by atoms with van der Waals surface area (Å²) in [6, 6.07) is 17.4. The van der Waals surface area contributed by atoms with E-state index >= 15 is 0 Å². The Morgan fingerprint density at radius 1 is 0.931 bits per heavy atom. The molecule has 0 saturated carbocycles. The van der Waals surface area contributed by atoms with Crippen molar-refractivity contribution < 1.29 is 9.59 Å². The van der Waals surface area contributed by atoms with Gasteiger partial charge in [-0.25, -0.2) is 0 Å². The number of nitrogens with zero attached hydrogens (tertiary/aromatic N) is 1. The summed E-state index contributed by atoms with van der Waals surface area (Å²) < 4.78 is 0. The minimum absolute atomic E-state index is 0.0148. The van der Waals surface area contributed by atoms with Gasteiger partial charge in [0.1, 0.15) is 0 Å². The topological polar surface area (TPSA) is 49.4 Å². The molecule has 3 rings (SSSR count). The van der Waals surface area contributed by atoms with Gasteiger partial charge >= 0.3 is 0 Å². The third kappa shape index (κ3) is 5.71. The van der Waals surface area contributed by atoms with Gasteiger partial charge in [-0.15, -0.1) is 0 Å². The molecule has 0 unspecified atom stereocenters. The molecule has 2 aromatic carbocycles. The molecule has 0 aliphatic carbocycles. The van der Waals surface area contributed by atoms with Crippen LogP contribution in [0.1, 0.15) is 44.7 Å². The number of piperidine rings is 1. The number of amides is 2. The van der Waals surface area contributed by atoms with Crippen LogP contribution < -0.4 is 5.32 Å². The lowest BCUT2D eigenvalue weighted by molar-refractivity contribution is -0.142. The van der Waals surface area contributed by atoms with Crippen LogP contribution in [0, 0.1) is 23.2 Å². The number of rotatable bonds is 2. The Hall–Kier alpha value is -3.06. The van der Waals surface area contributed by atoms with Crippen LogP contribution in [0.25, 0.3) is 0 Å². The maximum Gasteiger partial charge on any atom is 0.227 e. The lowest BCUT2D eigenvalue weighted by atomic mass is 9.90. The third-order valence-electron chi connectivity index (χ3n) is 5.05. The van der Waals surface area contributed by atoms with Crippen LogP contribution in [-0.2, 0) is 9.59 Å². The molecule has 0 radical (unpaired) electrons. The summed E-state index contributed by atoms with van der Waals surface area (Å²) in [6.07, 6.45) is 1.39. The van der Waals surface area contributed by atoms with E-state index in [2.05, 4.69) is 17.2 Å². The average molecular weight is 389 g/mol. The molecule has 0 spiro atoms. The second-order valence-electron chi connectivity index (χ2n) is 8.50. The molecule has 1 saturated heterocycles. The predicted molar refractivity (Wildman–Crippen MR) is 116 cm³/mol. The van der Waals surface area contributed by atoms with E-state index in [0.29, 0.717) is 25.9 Å². The summed E-state index contributed by atoms with van der Waals surface area (Å²) >= 11 is 0. The normalized spacial score (nSPS) is 14.7. The van der Waals surface area contributed by atoms with Crippen LogP contribution >= 0.6 is 0 Å². The van der Waals surface area contributed by atoms with Crippen molar-refractivity contribution in [3.8, 4) is 11.8 Å². The minimum atomic E-state index is -0.379. The number of benzene rings is 2. The molecule has 0 bridgehead atoms. The first kappa shape index (κ1) is 20.7. The monoisotopic (exact) mass is 388 g/mol. The predicted octanol–water partition coefficient (Wildman–Crippen LogP) is 4.31. The van der Waals surface area contributed by atoms with Crippen molar-refractivity contribution in [1.82, 2.24) is 4.90 Å². The van der Waals surface area contributed by atoms with Gasteiger partial charge in [-0.2, -0.15) is 0 Å². The lowest BCUT2D eigenvalue weighted by Gasteiger charge is -2.35. The van der Waals surface area contributed by atoms with Gasteiger partial charge in [0.15, 0.2) is 0 Å². The Morgan fingerprint density at radius 2 is 1.55 bits per heavy atom. The number of hydrogen-bond acceptors (Lipinski definition) is 2. The highest BCUT2D eigenvalue weighted by Crippen LogP contribution is 2.24. The number of nitrogens with one attached hydrogen (secondary N) is 1. The Morgan fingerprint density at radius 3 is 2.21 bits per heavy atom. The molecule has 1 aliphatic rings. The highest BCUT2D eigenvalue weighted by atomic mass is 16.2. The summed E-state index contributed by atoms with van der Waals surface area (Å²) in [6.45, 7) is 7.07. The van der Waals surface area contributed by atoms with Crippen LogP contribution in [0.15, 0.2) is 54.6 Å². The number of likely N-dealkylation sites (tertiary alicyclic amines) is 1. The fraction of sp³-hybridized carbons (Fsp3) is 0.360. The zero-order chi connectivity index (χ0) is 20.9. The molecule has 4 heteroatoms. The fourth-order valence-electron chi connectivity index (χ4n) is 3.40. The molecule has 2 aromatic rings. The van der Waals surface area contributed by atoms with Crippen LogP contribution in [0.3, 0.4) is 0 Å². The third-order valence-corrected chi connectivity index (χ3v) is 5.05. The minimum Gasteiger partial charge on any atom is -0.342 e. The molecule has 29 heavy (non-hydrogen) atoms. The lowest BCUT2D eigenvalue weighted by Crippen LogP contribution is -2.45. The molecule has 2 amide bonds. The molecule has 1 heterocycles. The molecule has 4 nitrogen and oxygen atoms in total. The first-order chi connectivity index (χ1) is 13.8. The van der Waals surface area contributed by atoms with Gasteiger partial charge in [0.25, 0.3) is 0 Å². The standard InChI is InChI=1S/C25H28N2O2/c1-25(2,3)24(29)27-16-14-21(15-17-27)23(28)26-22-11-7-10-20(18-22)13-12-19-8-5-4-6-9-19/h4-11,18,21H,14-17H2,1-3H3,(H,26,28). The van der Waals surface area contributed by atoms with Gasteiger partial charge in [0.2, 0.25) is 11.8 Å². The van der Waals surface area contributed by atoms with E-state index < -0.39 is 0 Å². The molecule has 0 atom stereocenters. The second kappa shape index (κ2) is 8.96. The Kier molecular flexibility index (Phi) is 6.39. The Bertz CT molecular complexity index is 925. The SMILES string of the molecule is CC(C)(C)C(=O)N1CCC(C(=O)Nc2cccc(C#Cc3ccccc3)c2)CC1. The van der Waals surface area contributed by atoms with Crippen molar-refractivity contribution >= 4 is 17.5 Å². The van der Waals surface area contributed by atoms with Crippen LogP contribution in [0.2, 0.25) is 0 Å². The quantitative estimate of drug-likeness (QED) is 0.780. The molecule has 0 aromatic heterocycles. The van der Waals surface area contributed by atoms with E-state index in [-0.39, 0.29) is 23.1 Å². The van der Waals surface area contributed by atoms with E-state index in [0.717, 1.165) is 16.8 Å². The molecular formula is C25H28N2O2. The molecule has 1 aliphatic heterocycles. The summed E-state index contributed by atoms with van der Waals surface area (Å²) in [7, 11) is 0. The summed E-state index contributed by atoms with van der Waals surface area (Å²) in [5, 5.41) is 3.01.